The fourth-order valence-corrected chi connectivity index (χ4v) is 3.99. The molecule has 0 aliphatic carbocycles. The van der Waals surface area contributed by atoms with Crippen LogP contribution in [0.2, 0.25) is 5.02 Å². The van der Waals surface area contributed by atoms with Crippen molar-refractivity contribution in [2.75, 3.05) is 18.2 Å². The predicted octanol–water partition coefficient (Wildman–Crippen LogP) is 5.54. The van der Waals surface area contributed by atoms with Crippen molar-refractivity contribution in [2.24, 2.45) is 0 Å². The van der Waals surface area contributed by atoms with Gasteiger partial charge in [0.05, 0.1) is 23.7 Å². The molecule has 152 valence electrons. The molecular formula is C23H24ClNO4. The number of nitrogens with zero attached hydrogens (tertiary/aromatic N) is 1. The molecular weight excluding hydrogens is 390 g/mol. The second-order valence-corrected chi connectivity index (χ2v) is 7.54. The van der Waals surface area contributed by atoms with Gasteiger partial charge in [-0.3, -0.25) is 0 Å². The molecule has 2 heterocycles. The van der Waals surface area contributed by atoms with Gasteiger partial charge in [-0.2, -0.15) is 0 Å². The predicted molar refractivity (Wildman–Crippen MR) is 115 cm³/mol. The molecule has 1 aliphatic rings. The van der Waals surface area contributed by atoms with Crippen LogP contribution in [0.25, 0.3) is 11.0 Å². The quantitative estimate of drug-likeness (QED) is 0.496. The molecule has 0 radical (unpaired) electrons. The van der Waals surface area contributed by atoms with E-state index in [2.05, 4.69) is 11.8 Å². The highest BCUT2D eigenvalue weighted by atomic mass is 35.5. The van der Waals surface area contributed by atoms with Crippen LogP contribution in [0.15, 0.2) is 45.6 Å². The van der Waals surface area contributed by atoms with E-state index < -0.39 is 0 Å². The molecule has 1 aromatic heterocycles. The number of rotatable bonds is 6. The first kappa shape index (κ1) is 19.6. The molecule has 0 saturated carbocycles. The Hall–Kier alpha value is -2.66. The van der Waals surface area contributed by atoms with Gasteiger partial charge < -0.3 is 18.8 Å². The molecule has 0 unspecified atom stereocenters. The summed E-state index contributed by atoms with van der Waals surface area (Å²) in [5.74, 6) is 1.42. The molecule has 0 bridgehead atoms. The Morgan fingerprint density at radius 1 is 1.17 bits per heavy atom. The average molecular weight is 414 g/mol. The first-order chi connectivity index (χ1) is 14.1. The molecule has 6 heteroatoms. The number of hydrogen-bond acceptors (Lipinski definition) is 5. The third kappa shape index (κ3) is 3.92. The highest BCUT2D eigenvalue weighted by Gasteiger charge is 2.25. The number of ether oxygens (including phenoxy) is 2. The number of hydrogen-bond donors (Lipinski definition) is 0. The topological polar surface area (TPSA) is 51.9 Å². The van der Waals surface area contributed by atoms with Crippen LogP contribution >= 0.6 is 11.6 Å². The van der Waals surface area contributed by atoms with Gasteiger partial charge in [0.2, 0.25) is 0 Å². The number of fused-ring (bicyclic) bond motifs is 3. The molecule has 5 nitrogen and oxygen atoms in total. The Balaban J connectivity index is 1.75. The number of aryl methyl sites for hydroxylation is 1. The second kappa shape index (κ2) is 8.37. The van der Waals surface area contributed by atoms with E-state index in [0.717, 1.165) is 47.2 Å². The maximum atomic E-state index is 12.2. The van der Waals surface area contributed by atoms with Gasteiger partial charge >= 0.3 is 5.63 Å². The fourth-order valence-electron chi connectivity index (χ4n) is 3.71. The van der Waals surface area contributed by atoms with Gasteiger partial charge in [-0.25, -0.2) is 4.79 Å². The van der Waals surface area contributed by atoms with Crippen molar-refractivity contribution in [3.05, 3.63) is 63.0 Å². The third-order valence-corrected chi connectivity index (χ3v) is 5.43. The second-order valence-electron chi connectivity index (χ2n) is 7.14. The lowest BCUT2D eigenvalue weighted by atomic mass is 10.0. The molecule has 2 aromatic carbocycles. The van der Waals surface area contributed by atoms with E-state index in [1.165, 1.54) is 0 Å². The van der Waals surface area contributed by atoms with Crippen molar-refractivity contribution in [1.82, 2.24) is 0 Å². The van der Waals surface area contributed by atoms with Gasteiger partial charge in [0.1, 0.15) is 17.1 Å². The summed E-state index contributed by atoms with van der Waals surface area (Å²) in [6.07, 6.45) is 2.87. The Labute approximate surface area is 174 Å². The van der Waals surface area contributed by atoms with Crippen molar-refractivity contribution in [3.63, 3.8) is 0 Å². The summed E-state index contributed by atoms with van der Waals surface area (Å²) in [4.78, 5) is 14.3. The average Bonchev–Trinajstić information content (AvgIpc) is 2.73. The van der Waals surface area contributed by atoms with Crippen molar-refractivity contribution in [2.45, 2.75) is 39.7 Å². The summed E-state index contributed by atoms with van der Waals surface area (Å²) in [5.41, 5.74) is 3.01. The van der Waals surface area contributed by atoms with Crippen molar-refractivity contribution in [1.29, 1.82) is 0 Å². The van der Waals surface area contributed by atoms with E-state index in [-0.39, 0.29) is 5.63 Å². The molecule has 1 aliphatic heterocycles. The van der Waals surface area contributed by atoms with Crippen LogP contribution in [-0.2, 0) is 13.0 Å². The Kier molecular flexibility index (Phi) is 5.67. The van der Waals surface area contributed by atoms with E-state index in [1.807, 2.05) is 37.3 Å². The molecule has 0 atom stereocenters. The lowest BCUT2D eigenvalue weighted by molar-refractivity contribution is 0.289. The zero-order chi connectivity index (χ0) is 20.4. The van der Waals surface area contributed by atoms with Crippen LogP contribution in [0, 0.1) is 0 Å². The first-order valence-corrected chi connectivity index (χ1v) is 10.4. The SMILES string of the molecule is CCCCc1cc(=O)oc2c3c(c(Cl)cc12)OCN(c1ccc(OCC)cc1)C3. The highest BCUT2D eigenvalue weighted by Crippen LogP contribution is 2.40. The smallest absolute Gasteiger partial charge is 0.336 e. The van der Waals surface area contributed by atoms with Crippen LogP contribution in [0.1, 0.15) is 37.8 Å². The summed E-state index contributed by atoms with van der Waals surface area (Å²) in [6.45, 7) is 5.63. The molecule has 29 heavy (non-hydrogen) atoms. The molecule has 0 spiro atoms. The van der Waals surface area contributed by atoms with E-state index in [0.29, 0.717) is 36.2 Å². The van der Waals surface area contributed by atoms with Gasteiger partial charge in [0, 0.05) is 17.1 Å². The van der Waals surface area contributed by atoms with Gasteiger partial charge in [0.15, 0.2) is 6.73 Å². The third-order valence-electron chi connectivity index (χ3n) is 5.15. The fraction of sp³-hybridized carbons (Fsp3) is 0.348. The lowest BCUT2D eigenvalue weighted by Gasteiger charge is -2.31. The Bertz CT molecular complexity index is 1070. The number of benzene rings is 2. The van der Waals surface area contributed by atoms with E-state index in [1.54, 1.807) is 6.07 Å². The van der Waals surface area contributed by atoms with Crippen molar-refractivity contribution < 1.29 is 13.9 Å². The van der Waals surface area contributed by atoms with Gasteiger partial charge in [-0.05, 0) is 55.7 Å². The maximum Gasteiger partial charge on any atom is 0.336 e. The molecule has 0 N–H and O–H groups in total. The normalized spacial score (nSPS) is 13.3. The van der Waals surface area contributed by atoms with Crippen molar-refractivity contribution >= 4 is 28.3 Å². The minimum atomic E-state index is -0.341. The molecule has 0 amide bonds. The van der Waals surface area contributed by atoms with Crippen LogP contribution in [-0.4, -0.2) is 13.3 Å². The first-order valence-electron chi connectivity index (χ1n) is 9.99. The number of anilines is 1. The summed E-state index contributed by atoms with van der Waals surface area (Å²) >= 11 is 6.54. The van der Waals surface area contributed by atoms with Crippen LogP contribution in [0.5, 0.6) is 11.5 Å². The van der Waals surface area contributed by atoms with Crippen LogP contribution in [0.3, 0.4) is 0 Å². The standard InChI is InChI=1S/C23H24ClNO4/c1-3-5-6-15-11-21(26)29-22-18(15)12-20(24)23-19(22)13-25(14-28-23)16-7-9-17(10-8-16)27-4-2/h7-12H,3-6,13-14H2,1-2H3. The van der Waals surface area contributed by atoms with Crippen LogP contribution < -0.4 is 20.0 Å². The number of halogens is 1. The maximum absolute atomic E-state index is 12.2. The lowest BCUT2D eigenvalue weighted by Crippen LogP contribution is -2.32. The van der Waals surface area contributed by atoms with E-state index in [9.17, 15) is 4.79 Å². The van der Waals surface area contributed by atoms with Gasteiger partial charge in [-0.1, -0.05) is 24.9 Å². The monoisotopic (exact) mass is 413 g/mol. The Morgan fingerprint density at radius 3 is 2.69 bits per heavy atom. The molecule has 0 saturated heterocycles. The van der Waals surface area contributed by atoms with Crippen molar-refractivity contribution in [3.8, 4) is 11.5 Å². The van der Waals surface area contributed by atoms with E-state index >= 15 is 0 Å². The minimum Gasteiger partial charge on any atom is -0.494 e. The minimum absolute atomic E-state index is 0.341. The van der Waals surface area contributed by atoms with Crippen LogP contribution in [0.4, 0.5) is 5.69 Å². The van der Waals surface area contributed by atoms with Gasteiger partial charge in [-0.15, -0.1) is 0 Å². The van der Waals surface area contributed by atoms with Gasteiger partial charge in [0.25, 0.3) is 0 Å². The number of unbranched alkanes of at least 4 members (excludes halogenated alkanes) is 1. The summed E-state index contributed by atoms with van der Waals surface area (Å²) in [5, 5.41) is 1.43. The zero-order valence-corrected chi connectivity index (χ0v) is 17.4. The highest BCUT2D eigenvalue weighted by molar-refractivity contribution is 6.33. The Morgan fingerprint density at radius 2 is 1.97 bits per heavy atom. The largest absolute Gasteiger partial charge is 0.494 e. The summed E-state index contributed by atoms with van der Waals surface area (Å²) < 4.78 is 17.1. The zero-order valence-electron chi connectivity index (χ0n) is 16.7. The molecule has 3 aromatic rings. The summed E-state index contributed by atoms with van der Waals surface area (Å²) in [7, 11) is 0. The molecule has 4 rings (SSSR count). The molecule has 0 fully saturated rings. The van der Waals surface area contributed by atoms with E-state index in [4.69, 9.17) is 25.5 Å². The summed E-state index contributed by atoms with van der Waals surface area (Å²) in [6, 6.07) is 11.3.